The van der Waals surface area contributed by atoms with Crippen LogP contribution < -0.4 is 5.32 Å². The molecule has 0 spiro atoms. The van der Waals surface area contributed by atoms with Crippen LogP contribution in [0.4, 0.5) is 0 Å². The number of ether oxygens (including phenoxy) is 2. The van der Waals surface area contributed by atoms with Crippen LogP contribution in [0.3, 0.4) is 0 Å². The minimum Gasteiger partial charge on any atom is -0.381 e. The Hall–Kier alpha value is -0.900. The van der Waals surface area contributed by atoms with Crippen molar-refractivity contribution in [1.82, 2.24) is 5.32 Å². The van der Waals surface area contributed by atoms with E-state index in [0.29, 0.717) is 0 Å². The summed E-state index contributed by atoms with van der Waals surface area (Å²) in [5.74, 6) is 0. The largest absolute Gasteiger partial charge is 0.381 e. The summed E-state index contributed by atoms with van der Waals surface area (Å²) >= 11 is 0. The number of nitrogens with one attached hydrogen (secondary N) is 1. The summed E-state index contributed by atoms with van der Waals surface area (Å²) in [5, 5.41) is 3.44. The van der Waals surface area contributed by atoms with Gasteiger partial charge in [0, 0.05) is 33.2 Å². The summed E-state index contributed by atoms with van der Waals surface area (Å²) < 4.78 is 11.4. The molecule has 0 aliphatic carbocycles. The molecular formula is C15H23NO2. The smallest absolute Gasteiger partial charge is 0.0916 e. The Morgan fingerprint density at radius 1 is 1.28 bits per heavy atom. The molecule has 0 radical (unpaired) electrons. The predicted octanol–water partition coefficient (Wildman–Crippen LogP) is 2.45. The van der Waals surface area contributed by atoms with Crippen molar-refractivity contribution in [3.63, 3.8) is 0 Å². The third-order valence-corrected chi connectivity index (χ3v) is 4.06. The SMILES string of the molecule is CNC(c1ccccc1C)C1(OC)CCOCC1. The minimum absolute atomic E-state index is 0.154. The van der Waals surface area contributed by atoms with Gasteiger partial charge in [0.1, 0.15) is 0 Å². The Morgan fingerprint density at radius 3 is 2.50 bits per heavy atom. The second kappa shape index (κ2) is 5.83. The van der Waals surface area contributed by atoms with Gasteiger partial charge in [0.05, 0.1) is 11.6 Å². The fraction of sp³-hybridized carbons (Fsp3) is 0.600. The van der Waals surface area contributed by atoms with Crippen LogP contribution >= 0.6 is 0 Å². The third-order valence-electron chi connectivity index (χ3n) is 4.06. The topological polar surface area (TPSA) is 30.5 Å². The maximum atomic E-state index is 5.90. The Kier molecular flexibility index (Phi) is 4.38. The van der Waals surface area contributed by atoms with Crippen molar-refractivity contribution in [1.29, 1.82) is 0 Å². The highest BCUT2D eigenvalue weighted by molar-refractivity contribution is 5.31. The molecular weight excluding hydrogens is 226 g/mol. The predicted molar refractivity (Wildman–Crippen MR) is 72.8 cm³/mol. The molecule has 100 valence electrons. The molecule has 1 aliphatic heterocycles. The second-order valence-electron chi connectivity index (χ2n) is 4.96. The van der Waals surface area contributed by atoms with E-state index >= 15 is 0 Å². The fourth-order valence-corrected chi connectivity index (χ4v) is 2.94. The molecule has 0 aromatic heterocycles. The molecule has 1 N–H and O–H groups in total. The van der Waals surface area contributed by atoms with Gasteiger partial charge in [0.15, 0.2) is 0 Å². The molecule has 0 bridgehead atoms. The molecule has 1 aliphatic rings. The summed E-state index contributed by atoms with van der Waals surface area (Å²) in [5.41, 5.74) is 2.47. The van der Waals surface area contributed by atoms with Gasteiger partial charge < -0.3 is 14.8 Å². The molecule has 1 aromatic carbocycles. The van der Waals surface area contributed by atoms with Gasteiger partial charge in [-0.25, -0.2) is 0 Å². The highest BCUT2D eigenvalue weighted by Crippen LogP contribution is 2.38. The average Bonchev–Trinajstić information content (AvgIpc) is 2.43. The normalized spacial score (nSPS) is 20.6. The van der Waals surface area contributed by atoms with Crippen LogP contribution in [0, 0.1) is 6.92 Å². The highest BCUT2D eigenvalue weighted by Gasteiger charge is 2.41. The van der Waals surface area contributed by atoms with Crippen molar-refractivity contribution >= 4 is 0 Å². The van der Waals surface area contributed by atoms with Crippen LogP contribution in [0.25, 0.3) is 0 Å². The Labute approximate surface area is 109 Å². The summed E-state index contributed by atoms with van der Waals surface area (Å²) in [6.45, 7) is 3.71. The van der Waals surface area contributed by atoms with Crippen LogP contribution in [-0.2, 0) is 9.47 Å². The summed E-state index contributed by atoms with van der Waals surface area (Å²) in [6.07, 6.45) is 1.87. The first-order chi connectivity index (χ1) is 8.73. The Morgan fingerprint density at radius 2 is 1.94 bits per heavy atom. The lowest BCUT2D eigenvalue weighted by atomic mass is 9.81. The number of rotatable bonds is 4. The van der Waals surface area contributed by atoms with E-state index in [1.807, 2.05) is 14.2 Å². The van der Waals surface area contributed by atoms with E-state index in [0.717, 1.165) is 26.1 Å². The van der Waals surface area contributed by atoms with Crippen LogP contribution in [0.1, 0.15) is 30.0 Å². The van der Waals surface area contributed by atoms with Gasteiger partial charge in [0.2, 0.25) is 0 Å². The van der Waals surface area contributed by atoms with Crippen molar-refractivity contribution in [2.45, 2.75) is 31.4 Å². The van der Waals surface area contributed by atoms with Gasteiger partial charge in [-0.3, -0.25) is 0 Å². The number of hydrogen-bond donors (Lipinski definition) is 1. The number of aryl methyl sites for hydroxylation is 1. The quantitative estimate of drug-likeness (QED) is 0.889. The van der Waals surface area contributed by atoms with Gasteiger partial charge in [-0.05, 0) is 25.1 Å². The van der Waals surface area contributed by atoms with Crippen LogP contribution in [-0.4, -0.2) is 33.0 Å². The van der Waals surface area contributed by atoms with E-state index in [9.17, 15) is 0 Å². The molecule has 1 heterocycles. The molecule has 3 nitrogen and oxygen atoms in total. The van der Waals surface area contributed by atoms with E-state index in [4.69, 9.17) is 9.47 Å². The first kappa shape index (κ1) is 13.5. The van der Waals surface area contributed by atoms with Crippen molar-refractivity contribution in [2.24, 2.45) is 0 Å². The van der Waals surface area contributed by atoms with Crippen molar-refractivity contribution in [3.05, 3.63) is 35.4 Å². The molecule has 2 rings (SSSR count). The molecule has 0 amide bonds. The summed E-state index contributed by atoms with van der Waals surface area (Å²) in [6, 6.07) is 8.73. The maximum absolute atomic E-state index is 5.90. The van der Waals surface area contributed by atoms with Crippen LogP contribution in [0.5, 0.6) is 0 Å². The lowest BCUT2D eigenvalue weighted by Gasteiger charge is -2.42. The van der Waals surface area contributed by atoms with Gasteiger partial charge in [0.25, 0.3) is 0 Å². The molecule has 3 heteroatoms. The van der Waals surface area contributed by atoms with Crippen LogP contribution in [0.15, 0.2) is 24.3 Å². The lowest BCUT2D eigenvalue weighted by Crippen LogP contribution is -2.48. The van der Waals surface area contributed by atoms with E-state index in [1.165, 1.54) is 11.1 Å². The molecule has 1 atom stereocenters. The van der Waals surface area contributed by atoms with Gasteiger partial charge >= 0.3 is 0 Å². The van der Waals surface area contributed by atoms with Crippen molar-refractivity contribution < 1.29 is 9.47 Å². The first-order valence-electron chi connectivity index (χ1n) is 6.59. The number of likely N-dealkylation sites (N-methyl/N-ethyl adjacent to an activating group) is 1. The lowest BCUT2D eigenvalue weighted by molar-refractivity contribution is -0.110. The van der Waals surface area contributed by atoms with E-state index in [2.05, 4.69) is 36.5 Å². The zero-order valence-corrected chi connectivity index (χ0v) is 11.5. The van der Waals surface area contributed by atoms with Crippen molar-refractivity contribution in [3.8, 4) is 0 Å². The molecule has 1 aromatic rings. The fourth-order valence-electron chi connectivity index (χ4n) is 2.94. The average molecular weight is 249 g/mol. The molecule has 0 saturated carbocycles. The third kappa shape index (κ3) is 2.44. The molecule has 1 saturated heterocycles. The summed E-state index contributed by atoms with van der Waals surface area (Å²) in [4.78, 5) is 0. The number of benzene rings is 1. The van der Waals surface area contributed by atoms with Gasteiger partial charge in [-0.2, -0.15) is 0 Å². The summed E-state index contributed by atoms with van der Waals surface area (Å²) in [7, 11) is 3.82. The molecule has 1 unspecified atom stereocenters. The monoisotopic (exact) mass is 249 g/mol. The Bertz CT molecular complexity index is 386. The van der Waals surface area contributed by atoms with E-state index in [1.54, 1.807) is 0 Å². The highest BCUT2D eigenvalue weighted by atomic mass is 16.5. The minimum atomic E-state index is -0.154. The molecule has 1 fully saturated rings. The number of methoxy groups -OCH3 is 1. The molecule has 18 heavy (non-hydrogen) atoms. The van der Waals surface area contributed by atoms with E-state index in [-0.39, 0.29) is 11.6 Å². The standard InChI is InChI=1S/C15H23NO2/c1-12-6-4-5-7-13(12)14(16-2)15(17-3)8-10-18-11-9-15/h4-7,14,16H,8-11H2,1-3H3. The first-order valence-corrected chi connectivity index (χ1v) is 6.59. The zero-order valence-electron chi connectivity index (χ0n) is 11.5. The van der Waals surface area contributed by atoms with Crippen molar-refractivity contribution in [2.75, 3.05) is 27.4 Å². The number of hydrogen-bond acceptors (Lipinski definition) is 3. The zero-order chi connectivity index (χ0) is 13.0. The van der Waals surface area contributed by atoms with Gasteiger partial charge in [-0.15, -0.1) is 0 Å². The van der Waals surface area contributed by atoms with Gasteiger partial charge in [-0.1, -0.05) is 24.3 Å². The van der Waals surface area contributed by atoms with Crippen LogP contribution in [0.2, 0.25) is 0 Å². The Balaban J connectivity index is 2.34. The van der Waals surface area contributed by atoms with E-state index < -0.39 is 0 Å². The second-order valence-corrected chi connectivity index (χ2v) is 4.96. The maximum Gasteiger partial charge on any atom is 0.0916 e.